The highest BCUT2D eigenvalue weighted by molar-refractivity contribution is 6.11. The average Bonchev–Trinajstić information content (AvgIpc) is 2.88. The van der Waals surface area contributed by atoms with Gasteiger partial charge in [0.15, 0.2) is 0 Å². The summed E-state index contributed by atoms with van der Waals surface area (Å²) in [6, 6.07) is 24.1. The molecular formula is C27H17F3N4O2. The number of nitrogens with one attached hydrogen (secondary N) is 1. The predicted molar refractivity (Wildman–Crippen MR) is 134 cm³/mol. The van der Waals surface area contributed by atoms with Gasteiger partial charge in [-0.2, -0.15) is 18.3 Å². The molecule has 6 nitrogen and oxygen atoms in total. The van der Waals surface area contributed by atoms with Gasteiger partial charge < -0.3 is 0 Å². The van der Waals surface area contributed by atoms with Gasteiger partial charge in [0.2, 0.25) is 0 Å². The maximum Gasteiger partial charge on any atom is 0.416 e. The number of non-ortho nitro benzene ring substituents is 1. The topological polar surface area (TPSA) is 80.4 Å². The number of nitrogens with zero attached hydrogens (tertiary/aromatic N) is 3. The molecular weight excluding hydrogens is 469 g/mol. The molecule has 0 amide bonds. The number of aromatic nitrogens is 1. The van der Waals surface area contributed by atoms with Gasteiger partial charge >= 0.3 is 6.18 Å². The second-order valence-corrected chi connectivity index (χ2v) is 8.03. The lowest BCUT2D eigenvalue weighted by molar-refractivity contribution is -0.384. The standard InChI is InChI=1S/C27H17F3N4O2/c28-27(29,30)20-8-5-18(6-9-20)25-15-19(16-31-33-21-10-12-22(13-11-21)34(35)36)24-14-7-17-3-1-2-4-23(17)26(24)32-25/h1-16,33H/b31-16+. The second-order valence-electron chi connectivity index (χ2n) is 8.03. The Balaban J connectivity index is 1.57. The molecule has 0 spiro atoms. The largest absolute Gasteiger partial charge is 0.416 e. The quantitative estimate of drug-likeness (QED) is 0.121. The van der Waals surface area contributed by atoms with Gasteiger partial charge in [-0.25, -0.2) is 4.98 Å². The van der Waals surface area contributed by atoms with Crippen LogP contribution in [0, 0.1) is 10.1 Å². The Morgan fingerprint density at radius 2 is 1.61 bits per heavy atom. The van der Waals surface area contributed by atoms with Crippen LogP contribution in [0.25, 0.3) is 32.9 Å². The number of rotatable bonds is 5. The molecule has 0 aliphatic rings. The minimum atomic E-state index is -4.42. The third kappa shape index (κ3) is 4.58. The Morgan fingerprint density at radius 3 is 2.31 bits per heavy atom. The average molecular weight is 486 g/mol. The van der Waals surface area contributed by atoms with Gasteiger partial charge in [0, 0.05) is 34.0 Å². The van der Waals surface area contributed by atoms with Crippen molar-refractivity contribution in [3.05, 3.63) is 112 Å². The Kier molecular flexibility index (Phi) is 5.81. The molecule has 0 aliphatic carbocycles. The molecule has 0 unspecified atom stereocenters. The highest BCUT2D eigenvalue weighted by Gasteiger charge is 2.30. The zero-order valence-corrected chi connectivity index (χ0v) is 18.5. The summed E-state index contributed by atoms with van der Waals surface area (Å²) in [5.74, 6) is 0. The molecule has 0 atom stereocenters. The third-order valence-electron chi connectivity index (χ3n) is 5.72. The first-order chi connectivity index (χ1) is 17.3. The zero-order valence-electron chi connectivity index (χ0n) is 18.5. The molecule has 0 fully saturated rings. The van der Waals surface area contributed by atoms with Crippen LogP contribution in [0.4, 0.5) is 24.5 Å². The van der Waals surface area contributed by atoms with E-state index in [-0.39, 0.29) is 5.69 Å². The number of benzene rings is 4. The van der Waals surface area contributed by atoms with Crippen molar-refractivity contribution in [2.75, 3.05) is 5.43 Å². The SMILES string of the molecule is O=[N+]([O-])c1ccc(N/N=C/c2cc(-c3ccc(C(F)(F)F)cc3)nc3c2ccc2ccccc23)cc1. The van der Waals surface area contributed by atoms with Crippen LogP contribution in [-0.2, 0) is 6.18 Å². The maximum absolute atomic E-state index is 13.0. The first kappa shape index (κ1) is 23.0. The Labute approximate surface area is 202 Å². The molecule has 5 aromatic rings. The highest BCUT2D eigenvalue weighted by atomic mass is 19.4. The van der Waals surface area contributed by atoms with Crippen molar-refractivity contribution in [3.8, 4) is 11.3 Å². The van der Waals surface area contributed by atoms with Gasteiger partial charge in [-0.05, 0) is 35.7 Å². The van der Waals surface area contributed by atoms with Gasteiger partial charge in [0.25, 0.3) is 5.69 Å². The molecule has 9 heteroatoms. The monoisotopic (exact) mass is 486 g/mol. The van der Waals surface area contributed by atoms with Crippen LogP contribution < -0.4 is 5.43 Å². The normalized spacial score (nSPS) is 11.9. The van der Waals surface area contributed by atoms with Crippen LogP contribution in [0.2, 0.25) is 0 Å². The van der Waals surface area contributed by atoms with E-state index < -0.39 is 16.7 Å². The summed E-state index contributed by atoms with van der Waals surface area (Å²) in [5, 5.41) is 17.8. The Bertz CT molecular complexity index is 1610. The van der Waals surface area contributed by atoms with Crippen molar-refractivity contribution >= 4 is 39.3 Å². The summed E-state index contributed by atoms with van der Waals surface area (Å²) in [4.78, 5) is 15.1. The number of pyridine rings is 1. The van der Waals surface area contributed by atoms with E-state index in [4.69, 9.17) is 4.98 Å². The molecule has 0 saturated heterocycles. The van der Waals surface area contributed by atoms with Gasteiger partial charge in [0.05, 0.1) is 33.6 Å². The summed E-state index contributed by atoms with van der Waals surface area (Å²) < 4.78 is 39.1. The van der Waals surface area contributed by atoms with E-state index in [1.807, 2.05) is 36.4 Å². The van der Waals surface area contributed by atoms with Crippen molar-refractivity contribution in [2.45, 2.75) is 6.18 Å². The molecule has 36 heavy (non-hydrogen) atoms. The fourth-order valence-electron chi connectivity index (χ4n) is 3.90. The second kappa shape index (κ2) is 9.10. The minimum Gasteiger partial charge on any atom is -0.278 e. The summed E-state index contributed by atoms with van der Waals surface area (Å²) in [5.41, 5.74) is 5.09. The first-order valence-corrected chi connectivity index (χ1v) is 10.8. The number of nitro groups is 1. The molecule has 1 aromatic heterocycles. The lowest BCUT2D eigenvalue weighted by Crippen LogP contribution is -2.04. The molecule has 0 radical (unpaired) electrons. The molecule has 1 heterocycles. The van der Waals surface area contributed by atoms with E-state index in [0.717, 1.165) is 28.3 Å². The molecule has 4 aromatic carbocycles. The van der Waals surface area contributed by atoms with Crippen molar-refractivity contribution in [3.63, 3.8) is 0 Å². The first-order valence-electron chi connectivity index (χ1n) is 10.8. The van der Waals surface area contributed by atoms with Crippen LogP contribution >= 0.6 is 0 Å². The van der Waals surface area contributed by atoms with E-state index in [2.05, 4.69) is 10.5 Å². The lowest BCUT2D eigenvalue weighted by Gasteiger charge is -2.11. The van der Waals surface area contributed by atoms with Crippen molar-refractivity contribution < 1.29 is 18.1 Å². The van der Waals surface area contributed by atoms with Gasteiger partial charge in [-0.1, -0.05) is 48.5 Å². The summed E-state index contributed by atoms with van der Waals surface area (Å²) in [6.45, 7) is 0. The summed E-state index contributed by atoms with van der Waals surface area (Å²) in [6.07, 6.45) is -2.83. The van der Waals surface area contributed by atoms with Gasteiger partial charge in [-0.3, -0.25) is 15.5 Å². The van der Waals surface area contributed by atoms with Crippen LogP contribution in [0.1, 0.15) is 11.1 Å². The zero-order chi connectivity index (χ0) is 25.3. The number of anilines is 1. The maximum atomic E-state index is 13.0. The number of fused-ring (bicyclic) bond motifs is 3. The molecule has 0 saturated carbocycles. The lowest BCUT2D eigenvalue weighted by atomic mass is 10.00. The van der Waals surface area contributed by atoms with Gasteiger partial charge in [0.1, 0.15) is 0 Å². The van der Waals surface area contributed by atoms with E-state index in [1.165, 1.54) is 24.3 Å². The predicted octanol–water partition coefficient (Wildman–Crippen LogP) is 7.43. The summed E-state index contributed by atoms with van der Waals surface area (Å²) >= 11 is 0. The van der Waals surface area contributed by atoms with E-state index in [1.54, 1.807) is 24.4 Å². The minimum absolute atomic E-state index is 0.0299. The fourth-order valence-corrected chi connectivity index (χ4v) is 3.90. The van der Waals surface area contributed by atoms with Crippen molar-refractivity contribution in [1.82, 2.24) is 4.98 Å². The van der Waals surface area contributed by atoms with Crippen molar-refractivity contribution in [1.29, 1.82) is 0 Å². The van der Waals surface area contributed by atoms with E-state index >= 15 is 0 Å². The molecule has 1 N–H and O–H groups in total. The van der Waals surface area contributed by atoms with Crippen LogP contribution in [-0.4, -0.2) is 16.1 Å². The van der Waals surface area contributed by atoms with Crippen LogP contribution in [0.15, 0.2) is 96.1 Å². The smallest absolute Gasteiger partial charge is 0.278 e. The number of hydrogen-bond donors (Lipinski definition) is 1. The number of hydrogen-bond acceptors (Lipinski definition) is 5. The molecule has 0 bridgehead atoms. The fraction of sp³-hybridized carbons (Fsp3) is 0.0370. The number of hydrazone groups is 1. The molecule has 0 aliphatic heterocycles. The van der Waals surface area contributed by atoms with E-state index in [0.29, 0.717) is 28.0 Å². The molecule has 178 valence electrons. The van der Waals surface area contributed by atoms with E-state index in [9.17, 15) is 23.3 Å². The number of alkyl halides is 3. The Hall–Kier alpha value is -4.79. The van der Waals surface area contributed by atoms with Crippen LogP contribution in [0.3, 0.4) is 0 Å². The van der Waals surface area contributed by atoms with Crippen LogP contribution in [0.5, 0.6) is 0 Å². The third-order valence-corrected chi connectivity index (χ3v) is 5.72. The van der Waals surface area contributed by atoms with Crippen molar-refractivity contribution in [2.24, 2.45) is 5.10 Å². The van der Waals surface area contributed by atoms with Gasteiger partial charge in [-0.15, -0.1) is 0 Å². The highest BCUT2D eigenvalue weighted by Crippen LogP contribution is 2.33. The summed E-state index contributed by atoms with van der Waals surface area (Å²) in [7, 11) is 0. The number of nitro benzene ring substituents is 1. The molecule has 5 rings (SSSR count). The number of halogens is 3. The Morgan fingerprint density at radius 1 is 0.889 bits per heavy atom.